The molecule has 0 saturated heterocycles. The molecule has 0 aliphatic carbocycles. The highest BCUT2D eigenvalue weighted by Gasteiger charge is 2.20. The van der Waals surface area contributed by atoms with Crippen molar-refractivity contribution in [3.8, 4) is 0 Å². The van der Waals surface area contributed by atoms with Crippen molar-refractivity contribution in [2.24, 2.45) is 0 Å². The van der Waals surface area contributed by atoms with Crippen molar-refractivity contribution in [3.05, 3.63) is 53.7 Å². The average molecular weight is 343 g/mol. The number of hydrogen-bond acceptors (Lipinski definition) is 5. The standard InChI is InChI=1S/C17H17N3OS2/c1-2-14(16(21)18-10-12-6-4-3-5-7-12)23-17-15-13(8-9-22-15)19-11-20-17/h3-9,11,14H,2,10H2,1H3,(H,18,21)/t14-/m0/s1. The Balaban J connectivity index is 1.67. The van der Waals surface area contributed by atoms with Crippen LogP contribution in [0.25, 0.3) is 10.2 Å². The summed E-state index contributed by atoms with van der Waals surface area (Å²) in [7, 11) is 0. The van der Waals surface area contributed by atoms with Crippen molar-refractivity contribution in [3.63, 3.8) is 0 Å². The summed E-state index contributed by atoms with van der Waals surface area (Å²) in [5.74, 6) is 0.0460. The van der Waals surface area contributed by atoms with E-state index in [1.54, 1.807) is 17.7 Å². The van der Waals surface area contributed by atoms with Gasteiger partial charge in [0.15, 0.2) is 0 Å². The van der Waals surface area contributed by atoms with Crippen LogP contribution in [0.3, 0.4) is 0 Å². The van der Waals surface area contributed by atoms with Crippen LogP contribution in [0.2, 0.25) is 0 Å². The minimum Gasteiger partial charge on any atom is -0.351 e. The van der Waals surface area contributed by atoms with Crippen LogP contribution in [-0.2, 0) is 11.3 Å². The van der Waals surface area contributed by atoms with Gasteiger partial charge in [0.2, 0.25) is 5.91 Å². The molecule has 0 aliphatic heterocycles. The summed E-state index contributed by atoms with van der Waals surface area (Å²) in [5.41, 5.74) is 2.04. The number of aromatic nitrogens is 2. The lowest BCUT2D eigenvalue weighted by atomic mass is 10.2. The molecule has 1 atom stereocenters. The first-order chi connectivity index (χ1) is 11.3. The zero-order valence-electron chi connectivity index (χ0n) is 12.7. The number of thiophene rings is 1. The lowest BCUT2D eigenvalue weighted by molar-refractivity contribution is -0.120. The smallest absolute Gasteiger partial charge is 0.233 e. The van der Waals surface area contributed by atoms with E-state index in [1.165, 1.54) is 11.8 Å². The van der Waals surface area contributed by atoms with Crippen molar-refractivity contribution in [2.45, 2.75) is 30.2 Å². The number of fused-ring (bicyclic) bond motifs is 1. The molecular weight excluding hydrogens is 326 g/mol. The normalized spacial score (nSPS) is 12.2. The zero-order valence-corrected chi connectivity index (χ0v) is 14.4. The summed E-state index contributed by atoms with van der Waals surface area (Å²) in [5, 5.41) is 5.74. The van der Waals surface area contributed by atoms with Crippen molar-refractivity contribution in [1.82, 2.24) is 15.3 Å². The number of benzene rings is 1. The van der Waals surface area contributed by atoms with Gasteiger partial charge in [-0.25, -0.2) is 9.97 Å². The number of amides is 1. The maximum Gasteiger partial charge on any atom is 0.233 e. The monoisotopic (exact) mass is 343 g/mol. The Morgan fingerprint density at radius 3 is 2.87 bits per heavy atom. The number of hydrogen-bond donors (Lipinski definition) is 1. The fraction of sp³-hybridized carbons (Fsp3) is 0.235. The minimum absolute atomic E-state index is 0.0460. The number of nitrogens with zero attached hydrogens (tertiary/aromatic N) is 2. The largest absolute Gasteiger partial charge is 0.351 e. The Morgan fingerprint density at radius 2 is 2.09 bits per heavy atom. The predicted octanol–water partition coefficient (Wildman–Crippen LogP) is 3.88. The number of carbonyl (C=O) groups is 1. The molecule has 0 radical (unpaired) electrons. The highest BCUT2D eigenvalue weighted by Crippen LogP contribution is 2.32. The van der Waals surface area contributed by atoms with E-state index in [9.17, 15) is 4.79 Å². The molecule has 0 aliphatic rings. The van der Waals surface area contributed by atoms with E-state index in [4.69, 9.17) is 0 Å². The fourth-order valence-electron chi connectivity index (χ4n) is 2.21. The molecule has 0 bridgehead atoms. The predicted molar refractivity (Wildman–Crippen MR) is 95.6 cm³/mol. The molecular formula is C17H17N3OS2. The molecule has 118 valence electrons. The Bertz CT molecular complexity index is 789. The van der Waals surface area contributed by atoms with Crippen LogP contribution >= 0.6 is 23.1 Å². The minimum atomic E-state index is -0.154. The van der Waals surface area contributed by atoms with Gasteiger partial charge in [-0.2, -0.15) is 0 Å². The van der Waals surface area contributed by atoms with Crippen LogP contribution in [0, 0.1) is 0 Å². The van der Waals surface area contributed by atoms with Gasteiger partial charge >= 0.3 is 0 Å². The highest BCUT2D eigenvalue weighted by molar-refractivity contribution is 8.00. The Kier molecular flexibility index (Phi) is 5.25. The zero-order chi connectivity index (χ0) is 16.1. The molecule has 0 unspecified atom stereocenters. The third-order valence-electron chi connectivity index (χ3n) is 3.44. The van der Waals surface area contributed by atoms with Gasteiger partial charge in [-0.15, -0.1) is 11.3 Å². The molecule has 1 N–H and O–H groups in total. The second kappa shape index (κ2) is 7.57. The van der Waals surface area contributed by atoms with Crippen molar-refractivity contribution >= 4 is 39.2 Å². The van der Waals surface area contributed by atoms with E-state index < -0.39 is 0 Å². The van der Waals surface area contributed by atoms with E-state index in [2.05, 4.69) is 15.3 Å². The lowest BCUT2D eigenvalue weighted by Gasteiger charge is -2.14. The average Bonchev–Trinajstić information content (AvgIpc) is 3.08. The Hall–Kier alpha value is -1.92. The Labute approximate surface area is 143 Å². The first-order valence-electron chi connectivity index (χ1n) is 7.44. The molecule has 3 aromatic rings. The summed E-state index contributed by atoms with van der Waals surface area (Å²) in [4.78, 5) is 21.0. The summed E-state index contributed by atoms with van der Waals surface area (Å²) in [6, 6.07) is 11.9. The van der Waals surface area contributed by atoms with Crippen LogP contribution in [0.4, 0.5) is 0 Å². The highest BCUT2D eigenvalue weighted by atomic mass is 32.2. The second-order valence-corrected chi connectivity index (χ2v) is 7.14. The van der Waals surface area contributed by atoms with Gasteiger partial charge in [0.05, 0.1) is 15.5 Å². The molecule has 23 heavy (non-hydrogen) atoms. The van der Waals surface area contributed by atoms with Gasteiger partial charge in [0, 0.05) is 6.54 Å². The molecule has 1 amide bonds. The molecule has 0 fully saturated rings. The van der Waals surface area contributed by atoms with Crippen LogP contribution in [0.15, 0.2) is 53.1 Å². The first-order valence-corrected chi connectivity index (χ1v) is 9.20. The number of nitrogens with one attached hydrogen (secondary N) is 1. The molecule has 2 heterocycles. The SMILES string of the molecule is CC[C@H](Sc1ncnc2ccsc12)C(=O)NCc1ccccc1. The van der Waals surface area contributed by atoms with Gasteiger partial charge in [0.1, 0.15) is 11.4 Å². The van der Waals surface area contributed by atoms with Crippen molar-refractivity contribution < 1.29 is 4.79 Å². The third-order valence-corrected chi connectivity index (χ3v) is 5.84. The number of carbonyl (C=O) groups excluding carboxylic acids is 1. The van der Waals surface area contributed by atoms with Crippen LogP contribution in [-0.4, -0.2) is 21.1 Å². The second-order valence-electron chi connectivity index (χ2n) is 5.03. The van der Waals surface area contributed by atoms with Crippen LogP contribution in [0.5, 0.6) is 0 Å². The molecule has 1 aromatic carbocycles. The summed E-state index contributed by atoms with van der Waals surface area (Å²) in [6.07, 6.45) is 2.31. The van der Waals surface area contributed by atoms with E-state index in [0.29, 0.717) is 6.54 Å². The first kappa shape index (κ1) is 16.0. The van der Waals surface area contributed by atoms with E-state index in [-0.39, 0.29) is 11.2 Å². The lowest BCUT2D eigenvalue weighted by Crippen LogP contribution is -2.31. The van der Waals surface area contributed by atoms with E-state index in [1.807, 2.05) is 48.7 Å². The van der Waals surface area contributed by atoms with Gasteiger partial charge in [-0.3, -0.25) is 4.79 Å². The molecule has 0 saturated carbocycles. The molecule has 2 aromatic heterocycles. The number of thioether (sulfide) groups is 1. The van der Waals surface area contributed by atoms with Crippen LogP contribution < -0.4 is 5.32 Å². The van der Waals surface area contributed by atoms with Gasteiger partial charge < -0.3 is 5.32 Å². The molecule has 3 rings (SSSR count). The van der Waals surface area contributed by atoms with Gasteiger partial charge in [-0.1, -0.05) is 49.0 Å². The summed E-state index contributed by atoms with van der Waals surface area (Å²) >= 11 is 3.12. The van der Waals surface area contributed by atoms with Crippen molar-refractivity contribution in [1.29, 1.82) is 0 Å². The molecule has 0 spiro atoms. The maximum atomic E-state index is 12.5. The quantitative estimate of drug-likeness (QED) is 0.545. The molecule has 6 heteroatoms. The maximum absolute atomic E-state index is 12.5. The van der Waals surface area contributed by atoms with Crippen molar-refractivity contribution in [2.75, 3.05) is 0 Å². The summed E-state index contributed by atoms with van der Waals surface area (Å²) in [6.45, 7) is 2.57. The topological polar surface area (TPSA) is 54.9 Å². The van der Waals surface area contributed by atoms with Gasteiger partial charge in [0.25, 0.3) is 0 Å². The third kappa shape index (κ3) is 3.89. The van der Waals surface area contributed by atoms with Gasteiger partial charge in [-0.05, 0) is 23.4 Å². The van der Waals surface area contributed by atoms with E-state index in [0.717, 1.165) is 27.2 Å². The summed E-state index contributed by atoms with van der Waals surface area (Å²) < 4.78 is 1.05. The number of rotatable bonds is 6. The Morgan fingerprint density at radius 1 is 1.26 bits per heavy atom. The van der Waals surface area contributed by atoms with E-state index >= 15 is 0 Å². The van der Waals surface area contributed by atoms with Crippen LogP contribution in [0.1, 0.15) is 18.9 Å². The fourth-order valence-corrected chi connectivity index (χ4v) is 4.17. The molecule has 4 nitrogen and oxygen atoms in total.